The van der Waals surface area contributed by atoms with Crippen LogP contribution in [0.2, 0.25) is 0 Å². The van der Waals surface area contributed by atoms with Gasteiger partial charge in [-0.3, -0.25) is 14.5 Å². The Kier molecular flexibility index (Phi) is 6.70. The second-order valence-electron chi connectivity index (χ2n) is 4.55. The maximum atomic E-state index is 10.9. The van der Waals surface area contributed by atoms with Gasteiger partial charge in [0.2, 0.25) is 5.91 Å². The molecular weight excluding hydrogens is 286 g/mol. The highest BCUT2D eigenvalue weighted by Crippen LogP contribution is 2.18. The number of carboxylic acid groups (broad SMARTS) is 1. The lowest BCUT2D eigenvalue weighted by atomic mass is 10.2. The number of likely N-dealkylation sites (N-methyl/N-ethyl adjacent to an activating group) is 1. The van der Waals surface area contributed by atoms with E-state index in [4.69, 9.17) is 17.3 Å². The zero-order valence-electron chi connectivity index (χ0n) is 11.1. The number of carbonyl (C=O) groups is 2. The van der Waals surface area contributed by atoms with Crippen LogP contribution in [0.15, 0.2) is 0 Å². The van der Waals surface area contributed by atoms with E-state index >= 15 is 0 Å². The quantitative estimate of drug-likeness (QED) is 0.687. The third kappa shape index (κ3) is 5.85. The molecule has 2 aliphatic rings. The van der Waals surface area contributed by atoms with Crippen molar-refractivity contribution in [2.45, 2.75) is 13.0 Å². The van der Waals surface area contributed by atoms with E-state index in [1.54, 1.807) is 0 Å². The zero-order chi connectivity index (χ0) is 14.4. The molecule has 0 spiro atoms. The Labute approximate surface area is 122 Å². The zero-order valence-corrected chi connectivity index (χ0v) is 12.7. The van der Waals surface area contributed by atoms with Crippen molar-refractivity contribution in [3.05, 3.63) is 0 Å². The summed E-state index contributed by atoms with van der Waals surface area (Å²) in [5, 5.41) is 11.7. The number of hydrogen-bond donors (Lipinski definition) is 2. The van der Waals surface area contributed by atoms with Crippen molar-refractivity contribution in [3.63, 3.8) is 0 Å². The summed E-state index contributed by atoms with van der Waals surface area (Å²) in [7, 11) is 2.16. The summed E-state index contributed by atoms with van der Waals surface area (Å²) in [6.07, 6.45) is 0. The SMILES string of the molecule is CC1CN(C)CCN1.O=C(O)CN1C(=O)CSC1=S. The summed E-state index contributed by atoms with van der Waals surface area (Å²) in [5.74, 6) is -0.989. The maximum absolute atomic E-state index is 10.9. The number of piperazine rings is 1. The van der Waals surface area contributed by atoms with Gasteiger partial charge in [-0.2, -0.15) is 0 Å². The number of nitrogens with one attached hydrogen (secondary N) is 1. The lowest BCUT2D eigenvalue weighted by Gasteiger charge is -2.28. The Morgan fingerprint density at radius 1 is 1.63 bits per heavy atom. The molecule has 1 amide bonds. The second-order valence-corrected chi connectivity index (χ2v) is 6.15. The number of amides is 1. The smallest absolute Gasteiger partial charge is 0.323 e. The minimum Gasteiger partial charge on any atom is -0.480 e. The summed E-state index contributed by atoms with van der Waals surface area (Å²) >= 11 is 5.94. The third-order valence-corrected chi connectivity index (χ3v) is 4.14. The van der Waals surface area contributed by atoms with Crippen molar-refractivity contribution in [2.24, 2.45) is 0 Å². The third-order valence-electron chi connectivity index (χ3n) is 2.71. The Morgan fingerprint density at radius 3 is 2.68 bits per heavy atom. The fraction of sp³-hybridized carbons (Fsp3) is 0.727. The molecule has 0 aromatic rings. The number of carbonyl (C=O) groups excluding carboxylic acids is 1. The van der Waals surface area contributed by atoms with E-state index in [2.05, 4.69) is 24.2 Å². The molecule has 0 radical (unpaired) electrons. The standard InChI is InChI=1S/C6H14N2.C5H5NO3S2/c1-6-5-8(2)4-3-7-6;7-3-2-11-5(10)6(3)1-4(8)9/h6-7H,3-5H2,1-2H3;1-2H2,(H,8,9). The fourth-order valence-electron chi connectivity index (χ4n) is 1.79. The van der Waals surface area contributed by atoms with Crippen LogP contribution < -0.4 is 5.32 Å². The van der Waals surface area contributed by atoms with Crippen LogP contribution in [-0.2, 0) is 9.59 Å². The Balaban J connectivity index is 0.000000200. The first-order valence-electron chi connectivity index (χ1n) is 6.01. The molecule has 0 bridgehead atoms. The molecule has 2 saturated heterocycles. The van der Waals surface area contributed by atoms with Gasteiger partial charge in [-0.15, -0.1) is 0 Å². The largest absolute Gasteiger partial charge is 0.480 e. The van der Waals surface area contributed by atoms with E-state index in [0.717, 1.165) is 11.4 Å². The van der Waals surface area contributed by atoms with Gasteiger partial charge in [0, 0.05) is 25.7 Å². The Hall–Kier alpha value is -0.700. The van der Waals surface area contributed by atoms with Crippen LogP contribution in [0.4, 0.5) is 0 Å². The number of nitrogens with zero attached hydrogens (tertiary/aromatic N) is 2. The van der Waals surface area contributed by atoms with E-state index in [-0.39, 0.29) is 18.2 Å². The van der Waals surface area contributed by atoms with Crippen molar-refractivity contribution < 1.29 is 14.7 Å². The Morgan fingerprint density at radius 2 is 2.32 bits per heavy atom. The van der Waals surface area contributed by atoms with E-state index < -0.39 is 5.97 Å². The molecule has 108 valence electrons. The number of aliphatic carboxylic acids is 1. The first-order chi connectivity index (χ1) is 8.90. The van der Waals surface area contributed by atoms with Crippen LogP contribution >= 0.6 is 24.0 Å². The highest BCUT2D eigenvalue weighted by molar-refractivity contribution is 8.23. The summed E-state index contributed by atoms with van der Waals surface area (Å²) in [4.78, 5) is 24.5. The van der Waals surface area contributed by atoms with Gasteiger partial charge in [-0.1, -0.05) is 24.0 Å². The number of rotatable bonds is 2. The molecule has 19 heavy (non-hydrogen) atoms. The van der Waals surface area contributed by atoms with Crippen LogP contribution in [0.5, 0.6) is 0 Å². The molecule has 8 heteroatoms. The number of thioether (sulfide) groups is 1. The van der Waals surface area contributed by atoms with Gasteiger partial charge < -0.3 is 15.3 Å². The van der Waals surface area contributed by atoms with Gasteiger partial charge in [-0.05, 0) is 14.0 Å². The van der Waals surface area contributed by atoms with Gasteiger partial charge in [0.1, 0.15) is 10.9 Å². The van der Waals surface area contributed by atoms with E-state index in [1.807, 2.05) is 0 Å². The lowest BCUT2D eigenvalue weighted by molar-refractivity contribution is -0.140. The predicted octanol–water partition coefficient (Wildman–Crippen LogP) is -0.159. The fourth-order valence-corrected chi connectivity index (χ4v) is 2.86. The Bertz CT molecular complexity index is 341. The van der Waals surface area contributed by atoms with Gasteiger partial charge >= 0.3 is 5.97 Å². The highest BCUT2D eigenvalue weighted by atomic mass is 32.2. The number of hydrogen-bond acceptors (Lipinski definition) is 6. The minimum atomic E-state index is -1.04. The minimum absolute atomic E-state index is 0.220. The molecule has 0 aromatic carbocycles. The average Bonchev–Trinajstić information content (AvgIpc) is 2.61. The van der Waals surface area contributed by atoms with Crippen LogP contribution in [-0.4, -0.2) is 76.1 Å². The first-order valence-corrected chi connectivity index (χ1v) is 7.40. The summed E-state index contributed by atoms with van der Waals surface area (Å²) < 4.78 is 0.359. The van der Waals surface area contributed by atoms with Crippen LogP contribution in [0.25, 0.3) is 0 Å². The van der Waals surface area contributed by atoms with Crippen molar-refractivity contribution in [3.8, 4) is 0 Å². The predicted molar refractivity (Wildman–Crippen MR) is 79.4 cm³/mol. The normalized spacial score (nSPS) is 24.1. The van der Waals surface area contributed by atoms with Crippen LogP contribution in [0.3, 0.4) is 0 Å². The summed E-state index contributed by atoms with van der Waals surface area (Å²) in [5.41, 5.74) is 0. The molecule has 2 heterocycles. The van der Waals surface area contributed by atoms with Gasteiger partial charge in [-0.25, -0.2) is 0 Å². The molecule has 0 saturated carbocycles. The molecule has 1 atom stereocenters. The molecule has 2 N–H and O–H groups in total. The molecule has 0 aromatic heterocycles. The number of thiocarbonyl (C=S) groups is 1. The molecule has 1 unspecified atom stereocenters. The van der Waals surface area contributed by atoms with E-state index in [9.17, 15) is 9.59 Å². The molecule has 2 aliphatic heterocycles. The van der Waals surface area contributed by atoms with Crippen molar-refractivity contribution in [1.82, 2.24) is 15.1 Å². The average molecular weight is 305 g/mol. The van der Waals surface area contributed by atoms with Crippen LogP contribution in [0, 0.1) is 0 Å². The van der Waals surface area contributed by atoms with Crippen molar-refractivity contribution in [1.29, 1.82) is 0 Å². The molecule has 0 aliphatic carbocycles. The van der Waals surface area contributed by atoms with Gasteiger partial charge in [0.25, 0.3) is 0 Å². The summed E-state index contributed by atoms with van der Waals surface area (Å²) in [6, 6.07) is 0.689. The van der Waals surface area contributed by atoms with Crippen molar-refractivity contribution >= 4 is 40.2 Å². The lowest BCUT2D eigenvalue weighted by Crippen LogP contribution is -2.47. The molecule has 6 nitrogen and oxygen atoms in total. The topological polar surface area (TPSA) is 72.9 Å². The van der Waals surface area contributed by atoms with Crippen molar-refractivity contribution in [2.75, 3.05) is 39.0 Å². The number of carboxylic acids is 1. The monoisotopic (exact) mass is 305 g/mol. The second kappa shape index (κ2) is 7.78. The molecule has 2 fully saturated rings. The van der Waals surface area contributed by atoms with E-state index in [1.165, 1.54) is 24.9 Å². The molecule has 2 rings (SSSR count). The highest BCUT2D eigenvalue weighted by Gasteiger charge is 2.27. The van der Waals surface area contributed by atoms with Gasteiger partial charge in [0.15, 0.2) is 0 Å². The van der Waals surface area contributed by atoms with Gasteiger partial charge in [0.05, 0.1) is 5.75 Å². The molecular formula is C11H19N3O3S2. The maximum Gasteiger partial charge on any atom is 0.323 e. The van der Waals surface area contributed by atoms with E-state index in [0.29, 0.717) is 10.4 Å². The van der Waals surface area contributed by atoms with Crippen LogP contribution in [0.1, 0.15) is 6.92 Å². The first kappa shape index (κ1) is 16.4. The summed E-state index contributed by atoms with van der Waals surface area (Å²) in [6.45, 7) is 5.45.